The highest BCUT2D eigenvalue weighted by Gasteiger charge is 2.26. The van der Waals surface area contributed by atoms with Crippen molar-refractivity contribution >= 4 is 33.1 Å². The van der Waals surface area contributed by atoms with E-state index in [9.17, 15) is 10.1 Å². The summed E-state index contributed by atoms with van der Waals surface area (Å²) in [6.45, 7) is 4.27. The number of aryl methyl sites for hydroxylation is 1. The first-order valence-corrected chi connectivity index (χ1v) is 12.2. The van der Waals surface area contributed by atoms with Crippen LogP contribution in [0.2, 0.25) is 0 Å². The second-order valence-electron chi connectivity index (χ2n) is 8.68. The highest BCUT2D eigenvalue weighted by molar-refractivity contribution is 7.16. The summed E-state index contributed by atoms with van der Waals surface area (Å²) in [5.74, 6) is 0.456. The molecule has 4 aromatic rings. The molecule has 1 N–H and O–H groups in total. The summed E-state index contributed by atoms with van der Waals surface area (Å²) in [7, 11) is 0. The molecule has 0 saturated heterocycles. The zero-order valence-electron chi connectivity index (χ0n) is 18.8. The van der Waals surface area contributed by atoms with Gasteiger partial charge in [0.2, 0.25) is 0 Å². The van der Waals surface area contributed by atoms with E-state index in [2.05, 4.69) is 18.3 Å². The van der Waals surface area contributed by atoms with Gasteiger partial charge in [0.15, 0.2) is 0 Å². The first-order valence-electron chi connectivity index (χ1n) is 11.4. The molecule has 0 saturated carbocycles. The molecule has 0 aliphatic heterocycles. The molecule has 5 heteroatoms. The van der Waals surface area contributed by atoms with Crippen LogP contribution in [0.25, 0.3) is 22.2 Å². The average molecular weight is 452 g/mol. The van der Waals surface area contributed by atoms with Crippen molar-refractivity contribution < 1.29 is 4.79 Å². The molecule has 1 unspecified atom stereocenters. The van der Waals surface area contributed by atoms with Crippen LogP contribution < -0.4 is 5.32 Å². The van der Waals surface area contributed by atoms with Crippen molar-refractivity contribution in [1.29, 1.82) is 5.26 Å². The molecule has 1 atom stereocenters. The Kier molecular flexibility index (Phi) is 5.70. The van der Waals surface area contributed by atoms with Crippen molar-refractivity contribution in [2.75, 3.05) is 5.32 Å². The van der Waals surface area contributed by atoms with Crippen LogP contribution in [0.15, 0.2) is 54.6 Å². The lowest BCUT2D eigenvalue weighted by Gasteiger charge is -2.20. The van der Waals surface area contributed by atoms with Crippen molar-refractivity contribution in [3.05, 3.63) is 81.7 Å². The zero-order chi connectivity index (χ0) is 22.9. The molecule has 0 radical (unpaired) electrons. The Morgan fingerprint density at radius 2 is 2.00 bits per heavy atom. The SMILES string of the molecule is CCC1CCc2c(sc(NC(=O)c3cc(-c4ccccc4C)nc4ccccc34)c2C#N)C1. The van der Waals surface area contributed by atoms with Crippen LogP contribution in [0.5, 0.6) is 0 Å². The summed E-state index contributed by atoms with van der Waals surface area (Å²) in [5, 5.41) is 14.4. The van der Waals surface area contributed by atoms with Crippen molar-refractivity contribution in [3.8, 4) is 17.3 Å². The number of aromatic nitrogens is 1. The molecule has 33 heavy (non-hydrogen) atoms. The Balaban J connectivity index is 1.57. The highest BCUT2D eigenvalue weighted by atomic mass is 32.1. The molecule has 2 heterocycles. The van der Waals surface area contributed by atoms with E-state index in [0.717, 1.165) is 59.0 Å². The number of fused-ring (bicyclic) bond motifs is 2. The fraction of sp³-hybridized carbons (Fsp3) is 0.250. The molecule has 1 aliphatic carbocycles. The quantitative estimate of drug-likeness (QED) is 0.366. The number of nitrogens with one attached hydrogen (secondary N) is 1. The van der Waals surface area contributed by atoms with Gasteiger partial charge >= 0.3 is 0 Å². The number of nitriles is 1. The topological polar surface area (TPSA) is 65.8 Å². The lowest BCUT2D eigenvalue weighted by Crippen LogP contribution is -2.13. The number of nitrogens with zero attached hydrogens (tertiary/aromatic N) is 2. The summed E-state index contributed by atoms with van der Waals surface area (Å²) in [4.78, 5) is 19.6. The normalized spacial score (nSPS) is 15.1. The minimum atomic E-state index is -0.203. The number of benzene rings is 2. The molecule has 164 valence electrons. The van der Waals surface area contributed by atoms with Gasteiger partial charge in [0.1, 0.15) is 11.1 Å². The highest BCUT2D eigenvalue weighted by Crippen LogP contribution is 2.40. The maximum atomic E-state index is 13.6. The van der Waals surface area contributed by atoms with Gasteiger partial charge in [0.05, 0.1) is 22.3 Å². The minimum Gasteiger partial charge on any atom is -0.312 e. The molecule has 5 rings (SSSR count). The number of thiophene rings is 1. The smallest absolute Gasteiger partial charge is 0.257 e. The summed E-state index contributed by atoms with van der Waals surface area (Å²) >= 11 is 1.57. The molecule has 0 fully saturated rings. The van der Waals surface area contributed by atoms with Gasteiger partial charge in [0.25, 0.3) is 5.91 Å². The molecule has 2 aromatic heterocycles. The minimum absolute atomic E-state index is 0.203. The van der Waals surface area contributed by atoms with E-state index in [1.54, 1.807) is 11.3 Å². The van der Waals surface area contributed by atoms with Gasteiger partial charge in [-0.15, -0.1) is 11.3 Å². The fourth-order valence-corrected chi connectivity index (χ4v) is 6.05. The van der Waals surface area contributed by atoms with Gasteiger partial charge < -0.3 is 5.32 Å². The Hall–Kier alpha value is -3.49. The number of anilines is 1. The van der Waals surface area contributed by atoms with Crippen molar-refractivity contribution in [1.82, 2.24) is 4.98 Å². The monoisotopic (exact) mass is 451 g/mol. The van der Waals surface area contributed by atoms with E-state index in [1.165, 1.54) is 4.88 Å². The summed E-state index contributed by atoms with van der Waals surface area (Å²) in [5.41, 5.74) is 5.99. The lowest BCUT2D eigenvalue weighted by molar-refractivity contribution is 0.102. The number of para-hydroxylation sites is 1. The number of carbonyl (C=O) groups excluding carboxylic acids is 1. The lowest BCUT2D eigenvalue weighted by atomic mass is 9.86. The van der Waals surface area contributed by atoms with Crippen LogP contribution in [-0.4, -0.2) is 10.9 Å². The second kappa shape index (κ2) is 8.80. The third-order valence-electron chi connectivity index (χ3n) is 6.67. The average Bonchev–Trinajstić information content (AvgIpc) is 3.19. The van der Waals surface area contributed by atoms with Gasteiger partial charge in [-0.25, -0.2) is 4.98 Å². The Labute approximate surface area is 197 Å². The fourth-order valence-electron chi connectivity index (χ4n) is 4.74. The number of hydrogen-bond acceptors (Lipinski definition) is 4. The number of hydrogen-bond donors (Lipinski definition) is 1. The van der Waals surface area contributed by atoms with E-state index in [4.69, 9.17) is 4.98 Å². The largest absolute Gasteiger partial charge is 0.312 e. The van der Waals surface area contributed by atoms with E-state index < -0.39 is 0 Å². The Morgan fingerprint density at radius 3 is 2.79 bits per heavy atom. The molecule has 2 aromatic carbocycles. The summed E-state index contributed by atoms with van der Waals surface area (Å²) < 4.78 is 0. The van der Waals surface area contributed by atoms with Gasteiger partial charge in [0, 0.05) is 15.8 Å². The van der Waals surface area contributed by atoms with E-state index >= 15 is 0 Å². The molecule has 4 nitrogen and oxygen atoms in total. The van der Waals surface area contributed by atoms with Crippen LogP contribution in [-0.2, 0) is 12.8 Å². The van der Waals surface area contributed by atoms with Crippen LogP contribution in [0, 0.1) is 24.2 Å². The maximum absolute atomic E-state index is 13.6. The van der Waals surface area contributed by atoms with Gasteiger partial charge in [-0.1, -0.05) is 55.8 Å². The first kappa shape index (κ1) is 21.4. The zero-order valence-corrected chi connectivity index (χ0v) is 19.6. The van der Waals surface area contributed by atoms with Crippen LogP contribution in [0.1, 0.15) is 51.7 Å². The Morgan fingerprint density at radius 1 is 1.21 bits per heavy atom. The van der Waals surface area contributed by atoms with Crippen LogP contribution >= 0.6 is 11.3 Å². The molecular formula is C28H25N3OS. The van der Waals surface area contributed by atoms with Crippen molar-refractivity contribution in [3.63, 3.8) is 0 Å². The summed E-state index contributed by atoms with van der Waals surface area (Å²) in [6, 6.07) is 20.0. The standard InChI is InChI=1S/C28H25N3OS/c1-3-18-12-13-21-23(16-29)28(33-26(21)14-18)31-27(32)22-15-25(19-9-5-4-8-17(19)2)30-24-11-7-6-10-20(22)24/h4-11,15,18H,3,12-14H2,1-2H3,(H,31,32). The maximum Gasteiger partial charge on any atom is 0.257 e. The van der Waals surface area contributed by atoms with Crippen molar-refractivity contribution in [2.24, 2.45) is 5.92 Å². The number of rotatable bonds is 4. The van der Waals surface area contributed by atoms with Crippen molar-refractivity contribution in [2.45, 2.75) is 39.5 Å². The number of carbonyl (C=O) groups is 1. The van der Waals surface area contributed by atoms with Gasteiger partial charge in [-0.3, -0.25) is 4.79 Å². The molecule has 0 bridgehead atoms. The second-order valence-corrected chi connectivity index (χ2v) is 9.78. The third kappa shape index (κ3) is 3.92. The van der Waals surface area contributed by atoms with E-state index in [1.807, 2.05) is 61.5 Å². The first-order chi connectivity index (χ1) is 16.1. The number of amides is 1. The van der Waals surface area contributed by atoms with E-state index in [0.29, 0.717) is 22.0 Å². The molecular weight excluding hydrogens is 426 g/mol. The predicted octanol–water partition coefficient (Wildman–Crippen LogP) is 6.91. The van der Waals surface area contributed by atoms with E-state index in [-0.39, 0.29) is 5.91 Å². The van der Waals surface area contributed by atoms with Gasteiger partial charge in [-0.2, -0.15) is 5.26 Å². The molecule has 0 spiro atoms. The predicted molar refractivity (Wildman–Crippen MR) is 135 cm³/mol. The van der Waals surface area contributed by atoms with Crippen LogP contribution in [0.3, 0.4) is 0 Å². The van der Waals surface area contributed by atoms with Crippen LogP contribution in [0.4, 0.5) is 5.00 Å². The third-order valence-corrected chi connectivity index (χ3v) is 7.84. The molecule has 1 aliphatic rings. The van der Waals surface area contributed by atoms with Gasteiger partial charge in [-0.05, 0) is 55.4 Å². The molecule has 1 amide bonds. The summed E-state index contributed by atoms with van der Waals surface area (Å²) in [6.07, 6.45) is 4.16. The number of pyridine rings is 1. The Bertz CT molecular complexity index is 1410.